The van der Waals surface area contributed by atoms with Crippen LogP contribution in [0.5, 0.6) is 0 Å². The zero-order valence-corrected chi connectivity index (χ0v) is 29.1. The SMILES string of the molecule is C[S+](c1ccccc1)c1ccc(Sc2ccc([S+](C)c3ccc(Sc4ccc([S+](C)c5ccccc5)cc4)cc3)cc2)cc1. The molecule has 2 unspecified atom stereocenters. The van der Waals surface area contributed by atoms with Crippen molar-refractivity contribution < 1.29 is 0 Å². The highest BCUT2D eigenvalue weighted by Crippen LogP contribution is 2.33. The third-order valence-corrected chi connectivity index (χ3v) is 15.3. The van der Waals surface area contributed by atoms with Crippen LogP contribution < -0.4 is 0 Å². The topological polar surface area (TPSA) is 0 Å². The van der Waals surface area contributed by atoms with E-state index in [9.17, 15) is 0 Å². The second kappa shape index (κ2) is 14.9. The highest BCUT2D eigenvalue weighted by Gasteiger charge is 2.21. The van der Waals surface area contributed by atoms with Gasteiger partial charge < -0.3 is 0 Å². The summed E-state index contributed by atoms with van der Waals surface area (Å²) < 4.78 is 0. The fourth-order valence-electron chi connectivity index (χ4n) is 4.78. The second-order valence-electron chi connectivity index (χ2n) is 10.2. The minimum Gasteiger partial charge on any atom is -0.0901 e. The van der Waals surface area contributed by atoms with Crippen molar-refractivity contribution in [1.82, 2.24) is 0 Å². The maximum atomic E-state index is 2.32. The zero-order valence-electron chi connectivity index (χ0n) is 25.1. The standard InChI is InChI=1S/C39H35S5/c1-42(34-10-6-4-7-11-34)36-22-14-30(15-23-36)40-32-18-26-38(27-19-32)44(3)39-28-20-33(21-29-39)41-31-16-24-37(25-17-31)43(2)35-12-8-5-9-13-35/h4-29H,1-3H3/q+3. The van der Waals surface area contributed by atoms with Crippen LogP contribution in [0.25, 0.3) is 0 Å². The molecule has 0 N–H and O–H groups in total. The Morgan fingerprint density at radius 3 is 0.705 bits per heavy atom. The lowest BCUT2D eigenvalue weighted by Gasteiger charge is -2.07. The van der Waals surface area contributed by atoms with Crippen LogP contribution in [0.1, 0.15) is 0 Å². The average Bonchev–Trinajstić information content (AvgIpc) is 3.09. The number of rotatable bonds is 10. The van der Waals surface area contributed by atoms with Gasteiger partial charge in [0.1, 0.15) is 18.8 Å². The molecule has 0 heterocycles. The van der Waals surface area contributed by atoms with E-state index in [1.54, 1.807) is 0 Å². The minimum absolute atomic E-state index is 0.0237. The number of hydrogen-bond acceptors (Lipinski definition) is 2. The predicted octanol–water partition coefficient (Wildman–Crippen LogP) is 11.0. The third kappa shape index (κ3) is 7.82. The van der Waals surface area contributed by atoms with Crippen molar-refractivity contribution in [2.45, 2.75) is 49.0 Å². The molecule has 0 nitrogen and oxygen atoms in total. The van der Waals surface area contributed by atoms with Crippen LogP contribution in [0.4, 0.5) is 0 Å². The monoisotopic (exact) mass is 663 g/mol. The molecule has 0 bridgehead atoms. The first-order chi connectivity index (χ1) is 21.5. The third-order valence-electron chi connectivity index (χ3n) is 7.37. The molecule has 0 aliphatic rings. The molecule has 0 aliphatic carbocycles. The van der Waals surface area contributed by atoms with Gasteiger partial charge in [0.15, 0.2) is 29.4 Å². The van der Waals surface area contributed by atoms with Crippen molar-refractivity contribution in [2.75, 3.05) is 18.8 Å². The van der Waals surface area contributed by atoms with Gasteiger partial charge in [0.25, 0.3) is 0 Å². The van der Waals surface area contributed by atoms with E-state index >= 15 is 0 Å². The molecule has 2 atom stereocenters. The van der Waals surface area contributed by atoms with Crippen LogP contribution in [0.3, 0.4) is 0 Å². The molecule has 5 heteroatoms. The Morgan fingerprint density at radius 2 is 0.477 bits per heavy atom. The van der Waals surface area contributed by atoms with Crippen molar-refractivity contribution in [3.63, 3.8) is 0 Å². The van der Waals surface area contributed by atoms with Crippen molar-refractivity contribution in [3.05, 3.63) is 158 Å². The van der Waals surface area contributed by atoms with Crippen LogP contribution in [-0.2, 0) is 32.7 Å². The highest BCUT2D eigenvalue weighted by atomic mass is 32.2. The summed E-state index contributed by atoms with van der Waals surface area (Å²) in [6.07, 6.45) is 6.93. The summed E-state index contributed by atoms with van der Waals surface area (Å²) in [5.74, 6) is 0. The van der Waals surface area contributed by atoms with E-state index in [2.05, 4.69) is 176 Å². The molecule has 0 amide bonds. The first-order valence-electron chi connectivity index (χ1n) is 14.4. The fourth-order valence-corrected chi connectivity index (χ4v) is 10.5. The minimum atomic E-state index is 0.0237. The van der Waals surface area contributed by atoms with Gasteiger partial charge in [0.2, 0.25) is 0 Å². The zero-order chi connectivity index (χ0) is 30.3. The van der Waals surface area contributed by atoms with Crippen molar-refractivity contribution in [3.8, 4) is 0 Å². The van der Waals surface area contributed by atoms with E-state index in [-0.39, 0.29) is 32.7 Å². The van der Waals surface area contributed by atoms with E-state index < -0.39 is 0 Å². The first kappa shape index (κ1) is 31.1. The lowest BCUT2D eigenvalue weighted by molar-refractivity contribution is 1.28. The van der Waals surface area contributed by atoms with Crippen molar-refractivity contribution >= 4 is 56.2 Å². The first-order valence-corrected chi connectivity index (χ1v) is 20.9. The van der Waals surface area contributed by atoms with Crippen LogP contribution in [0, 0.1) is 0 Å². The fraction of sp³-hybridized carbons (Fsp3) is 0.0769. The Bertz CT molecular complexity index is 1620. The largest absolute Gasteiger partial charge is 0.160 e. The highest BCUT2D eigenvalue weighted by molar-refractivity contribution is 8.00. The normalized spacial score (nSPS) is 13.2. The van der Waals surface area contributed by atoms with Crippen LogP contribution in [0.15, 0.2) is 207 Å². The van der Waals surface area contributed by atoms with Gasteiger partial charge in [-0.1, -0.05) is 59.9 Å². The van der Waals surface area contributed by atoms with Gasteiger partial charge in [0.05, 0.1) is 32.7 Å². The van der Waals surface area contributed by atoms with E-state index in [1.165, 1.54) is 49.0 Å². The molecule has 0 aliphatic heterocycles. The molecule has 0 aromatic heterocycles. The molecular weight excluding hydrogens is 629 g/mol. The van der Waals surface area contributed by atoms with E-state index in [1.807, 2.05) is 23.5 Å². The molecule has 6 aromatic carbocycles. The van der Waals surface area contributed by atoms with Crippen molar-refractivity contribution in [2.24, 2.45) is 0 Å². The molecule has 0 spiro atoms. The number of benzene rings is 6. The van der Waals surface area contributed by atoms with E-state index in [0.29, 0.717) is 0 Å². The summed E-state index contributed by atoms with van der Waals surface area (Å²) in [6, 6.07) is 57.9. The van der Waals surface area contributed by atoms with Gasteiger partial charge in [-0.15, -0.1) is 0 Å². The Hall–Kier alpha value is -2.93. The van der Waals surface area contributed by atoms with Crippen LogP contribution in [0.2, 0.25) is 0 Å². The molecule has 0 saturated carbocycles. The van der Waals surface area contributed by atoms with Gasteiger partial charge in [-0.05, 0) is 121 Å². The predicted molar refractivity (Wildman–Crippen MR) is 196 cm³/mol. The van der Waals surface area contributed by atoms with E-state index in [0.717, 1.165) is 0 Å². The summed E-state index contributed by atoms with van der Waals surface area (Å²) in [7, 11) is 0.206. The van der Waals surface area contributed by atoms with Crippen molar-refractivity contribution in [1.29, 1.82) is 0 Å². The van der Waals surface area contributed by atoms with Crippen LogP contribution in [-0.4, -0.2) is 18.8 Å². The van der Waals surface area contributed by atoms with Crippen LogP contribution >= 0.6 is 23.5 Å². The summed E-state index contributed by atoms with van der Waals surface area (Å²) in [5.41, 5.74) is 0. The van der Waals surface area contributed by atoms with Gasteiger partial charge in [-0.25, -0.2) is 0 Å². The Kier molecular flexibility index (Phi) is 10.5. The lowest BCUT2D eigenvalue weighted by Crippen LogP contribution is -2.00. The molecule has 0 saturated heterocycles. The molecule has 44 heavy (non-hydrogen) atoms. The molecule has 218 valence electrons. The average molecular weight is 664 g/mol. The maximum absolute atomic E-state index is 2.32. The van der Waals surface area contributed by atoms with E-state index in [4.69, 9.17) is 0 Å². The Labute approximate surface area is 279 Å². The van der Waals surface area contributed by atoms with Gasteiger partial charge in [0, 0.05) is 19.6 Å². The molecule has 0 fully saturated rings. The Morgan fingerprint density at radius 1 is 0.273 bits per heavy atom. The Balaban J connectivity index is 1.04. The second-order valence-corrected chi connectivity index (χ2v) is 18.4. The summed E-state index contributed by atoms with van der Waals surface area (Å²) in [5, 5.41) is 0. The summed E-state index contributed by atoms with van der Waals surface area (Å²) in [6.45, 7) is 0. The maximum Gasteiger partial charge on any atom is 0.160 e. The molecule has 6 aromatic rings. The summed E-state index contributed by atoms with van der Waals surface area (Å²) >= 11 is 3.66. The quantitative estimate of drug-likeness (QED) is 0.134. The van der Waals surface area contributed by atoms with Gasteiger partial charge in [-0.3, -0.25) is 0 Å². The summed E-state index contributed by atoms with van der Waals surface area (Å²) in [4.78, 5) is 13.3. The molecular formula is C39H35S5+3. The number of hydrogen-bond donors (Lipinski definition) is 0. The van der Waals surface area contributed by atoms with Gasteiger partial charge in [-0.2, -0.15) is 0 Å². The molecule has 6 rings (SSSR count). The van der Waals surface area contributed by atoms with Gasteiger partial charge >= 0.3 is 0 Å². The molecule has 0 radical (unpaired) electrons. The smallest absolute Gasteiger partial charge is 0.0901 e. The lowest BCUT2D eigenvalue weighted by atomic mass is 10.3.